The summed E-state index contributed by atoms with van der Waals surface area (Å²) in [6.07, 6.45) is 3.68. The number of nitrogens with one attached hydrogen (secondary N) is 1. The molecule has 2 rings (SSSR count). The van der Waals surface area contributed by atoms with E-state index >= 15 is 0 Å². The average molecular weight is 384 g/mol. The minimum atomic E-state index is -3.38. The third-order valence-electron chi connectivity index (χ3n) is 4.70. The summed E-state index contributed by atoms with van der Waals surface area (Å²) in [6.45, 7) is 2.64. The summed E-state index contributed by atoms with van der Waals surface area (Å²) < 4.78 is 37.2. The monoisotopic (exact) mass is 384 g/mol. The lowest BCUT2D eigenvalue weighted by Crippen LogP contribution is -2.46. The number of methoxy groups -OCH3 is 2. The third-order valence-corrected chi connectivity index (χ3v) is 6.62. The first kappa shape index (κ1) is 20.5. The van der Waals surface area contributed by atoms with Gasteiger partial charge in [-0.25, -0.2) is 8.42 Å². The van der Waals surface area contributed by atoms with Crippen molar-refractivity contribution in [3.05, 3.63) is 23.8 Å². The zero-order valence-corrected chi connectivity index (χ0v) is 16.5. The molecule has 1 N–H and O–H groups in total. The second kappa shape index (κ2) is 9.23. The number of nitrogens with zero attached hydrogens (tertiary/aromatic N) is 1. The molecule has 1 amide bonds. The maximum absolute atomic E-state index is 12.6. The Balaban J connectivity index is 1.97. The van der Waals surface area contributed by atoms with Crippen molar-refractivity contribution in [2.45, 2.75) is 38.6 Å². The first-order chi connectivity index (χ1) is 12.4. The molecule has 7 nitrogen and oxygen atoms in total. The molecule has 8 heteroatoms. The summed E-state index contributed by atoms with van der Waals surface area (Å²) in [5.74, 6) is 0.488. The molecule has 26 heavy (non-hydrogen) atoms. The number of carbonyl (C=O) groups is 1. The van der Waals surface area contributed by atoms with Crippen LogP contribution in [0.2, 0.25) is 0 Å². The highest BCUT2D eigenvalue weighted by molar-refractivity contribution is 7.89. The van der Waals surface area contributed by atoms with E-state index in [4.69, 9.17) is 9.47 Å². The molecule has 1 aromatic rings. The lowest BCUT2D eigenvalue weighted by molar-refractivity contribution is 0.0953. The number of amides is 1. The molecule has 1 heterocycles. The van der Waals surface area contributed by atoms with Crippen LogP contribution in [0, 0.1) is 0 Å². The molecule has 0 radical (unpaired) electrons. The molecular weight excluding hydrogens is 356 g/mol. The van der Waals surface area contributed by atoms with Crippen molar-refractivity contribution in [1.82, 2.24) is 9.62 Å². The molecule has 0 aliphatic carbocycles. The largest absolute Gasteiger partial charge is 0.497 e. The Kier molecular flexibility index (Phi) is 7.28. The molecule has 1 fully saturated rings. The van der Waals surface area contributed by atoms with Crippen LogP contribution in [0.15, 0.2) is 18.2 Å². The molecule has 1 aliphatic rings. The summed E-state index contributed by atoms with van der Waals surface area (Å²) in [5, 5.41) is 2.67. The fraction of sp³-hybridized carbons (Fsp3) is 0.611. The van der Waals surface area contributed by atoms with Crippen LogP contribution in [-0.4, -0.2) is 57.7 Å². The Morgan fingerprint density at radius 1 is 1.27 bits per heavy atom. The number of carbonyl (C=O) groups excluding carboxylic acids is 1. The van der Waals surface area contributed by atoms with Gasteiger partial charge in [-0.05, 0) is 31.4 Å². The van der Waals surface area contributed by atoms with Gasteiger partial charge < -0.3 is 14.8 Å². The Morgan fingerprint density at radius 3 is 2.69 bits per heavy atom. The van der Waals surface area contributed by atoms with Gasteiger partial charge in [0.1, 0.15) is 11.5 Å². The summed E-state index contributed by atoms with van der Waals surface area (Å²) >= 11 is 0. The van der Waals surface area contributed by atoms with Crippen LogP contribution < -0.4 is 14.8 Å². The number of benzene rings is 1. The smallest absolute Gasteiger partial charge is 0.255 e. The maximum Gasteiger partial charge on any atom is 0.255 e. The molecule has 0 bridgehead atoms. The van der Waals surface area contributed by atoms with Gasteiger partial charge in [-0.2, -0.15) is 4.31 Å². The zero-order valence-electron chi connectivity index (χ0n) is 15.7. The van der Waals surface area contributed by atoms with Crippen LogP contribution in [0.25, 0.3) is 0 Å². The van der Waals surface area contributed by atoms with Crippen molar-refractivity contribution in [1.29, 1.82) is 0 Å². The zero-order chi connectivity index (χ0) is 19.2. The van der Waals surface area contributed by atoms with Crippen molar-refractivity contribution in [2.75, 3.05) is 33.1 Å². The van der Waals surface area contributed by atoms with Gasteiger partial charge in [-0.1, -0.05) is 13.3 Å². The van der Waals surface area contributed by atoms with Crippen LogP contribution in [0.4, 0.5) is 0 Å². The minimum Gasteiger partial charge on any atom is -0.497 e. The third kappa shape index (κ3) is 4.88. The lowest BCUT2D eigenvalue weighted by Gasteiger charge is -2.34. The van der Waals surface area contributed by atoms with Gasteiger partial charge in [0.15, 0.2) is 0 Å². The molecule has 1 atom stereocenters. The van der Waals surface area contributed by atoms with E-state index in [1.165, 1.54) is 14.2 Å². The number of rotatable bonds is 8. The predicted molar refractivity (Wildman–Crippen MR) is 100 cm³/mol. The number of piperidine rings is 1. The van der Waals surface area contributed by atoms with Crippen LogP contribution in [0.5, 0.6) is 11.5 Å². The van der Waals surface area contributed by atoms with Gasteiger partial charge in [0.05, 0.1) is 25.5 Å². The first-order valence-electron chi connectivity index (χ1n) is 8.92. The molecular formula is C18H28N2O5S. The van der Waals surface area contributed by atoms with Gasteiger partial charge in [-0.3, -0.25) is 4.79 Å². The summed E-state index contributed by atoms with van der Waals surface area (Å²) in [7, 11) is -0.381. The van der Waals surface area contributed by atoms with Crippen molar-refractivity contribution in [3.63, 3.8) is 0 Å². The van der Waals surface area contributed by atoms with Crippen molar-refractivity contribution in [3.8, 4) is 11.5 Å². The van der Waals surface area contributed by atoms with Crippen LogP contribution in [0.1, 0.15) is 43.0 Å². The average Bonchev–Trinajstić information content (AvgIpc) is 2.67. The molecule has 1 saturated heterocycles. The van der Waals surface area contributed by atoms with E-state index < -0.39 is 10.0 Å². The van der Waals surface area contributed by atoms with Crippen LogP contribution in [0.3, 0.4) is 0 Å². The van der Waals surface area contributed by atoms with E-state index in [0.29, 0.717) is 23.6 Å². The first-order valence-corrected chi connectivity index (χ1v) is 10.5. The van der Waals surface area contributed by atoms with E-state index in [2.05, 4.69) is 5.32 Å². The van der Waals surface area contributed by atoms with Crippen molar-refractivity contribution in [2.24, 2.45) is 0 Å². The molecule has 0 saturated carbocycles. The highest BCUT2D eigenvalue weighted by Crippen LogP contribution is 2.25. The molecule has 0 unspecified atom stereocenters. The Hall–Kier alpha value is -1.80. The Labute approximate surface area is 155 Å². The lowest BCUT2D eigenvalue weighted by atomic mass is 10.0. The standard InChI is InChI=1S/C18H28N2O5S/c1-4-14-7-5-6-11-20(14)26(22,23)12-10-19-18(21)16-9-8-15(24-2)13-17(16)25-3/h8-9,13-14H,4-7,10-12H2,1-3H3,(H,19,21)/t14-/m0/s1. The van der Waals surface area contributed by atoms with Gasteiger partial charge in [0, 0.05) is 25.2 Å². The predicted octanol–water partition coefficient (Wildman–Crippen LogP) is 2.03. The second-order valence-corrected chi connectivity index (χ2v) is 8.35. The maximum atomic E-state index is 12.6. The van der Waals surface area contributed by atoms with Crippen molar-refractivity contribution >= 4 is 15.9 Å². The summed E-state index contributed by atoms with van der Waals surface area (Å²) in [6, 6.07) is 4.95. The minimum absolute atomic E-state index is 0.0588. The normalized spacial score (nSPS) is 18.3. The van der Waals surface area contributed by atoms with E-state index in [9.17, 15) is 13.2 Å². The van der Waals surface area contributed by atoms with E-state index in [1.54, 1.807) is 22.5 Å². The van der Waals surface area contributed by atoms with Gasteiger partial charge in [0.25, 0.3) is 5.91 Å². The van der Waals surface area contributed by atoms with Gasteiger partial charge in [-0.15, -0.1) is 0 Å². The number of sulfonamides is 1. The number of ether oxygens (including phenoxy) is 2. The van der Waals surface area contributed by atoms with Crippen LogP contribution in [-0.2, 0) is 10.0 Å². The molecule has 1 aliphatic heterocycles. The number of hydrogen-bond donors (Lipinski definition) is 1. The van der Waals surface area contributed by atoms with E-state index in [-0.39, 0.29) is 24.2 Å². The fourth-order valence-corrected chi connectivity index (χ4v) is 4.95. The highest BCUT2D eigenvalue weighted by Gasteiger charge is 2.30. The van der Waals surface area contributed by atoms with Gasteiger partial charge in [0.2, 0.25) is 10.0 Å². The quantitative estimate of drug-likeness (QED) is 0.741. The Bertz CT molecular complexity index is 720. The SMILES string of the molecule is CC[C@H]1CCCCN1S(=O)(=O)CCNC(=O)c1ccc(OC)cc1OC. The van der Waals surface area contributed by atoms with Crippen LogP contribution >= 0.6 is 0 Å². The van der Waals surface area contributed by atoms with E-state index in [1.807, 2.05) is 6.92 Å². The fourth-order valence-electron chi connectivity index (χ4n) is 3.24. The highest BCUT2D eigenvalue weighted by atomic mass is 32.2. The molecule has 0 aromatic heterocycles. The second-order valence-electron chi connectivity index (χ2n) is 6.31. The molecule has 1 aromatic carbocycles. The molecule has 0 spiro atoms. The Morgan fingerprint density at radius 2 is 2.04 bits per heavy atom. The molecule has 146 valence electrons. The van der Waals surface area contributed by atoms with Gasteiger partial charge >= 0.3 is 0 Å². The van der Waals surface area contributed by atoms with E-state index in [0.717, 1.165) is 25.7 Å². The van der Waals surface area contributed by atoms with Crippen molar-refractivity contribution < 1.29 is 22.7 Å². The topological polar surface area (TPSA) is 84.9 Å². The number of hydrogen-bond acceptors (Lipinski definition) is 5. The summed E-state index contributed by atoms with van der Waals surface area (Å²) in [5.41, 5.74) is 0.343. The summed E-state index contributed by atoms with van der Waals surface area (Å²) in [4.78, 5) is 12.4.